The number of hydrogen-bond acceptors (Lipinski definition) is 10. The predicted molar refractivity (Wildman–Crippen MR) is 191 cm³/mol. The Morgan fingerprint density at radius 3 is 2.45 bits per heavy atom. The van der Waals surface area contributed by atoms with Crippen LogP contribution in [0.3, 0.4) is 0 Å². The van der Waals surface area contributed by atoms with E-state index in [9.17, 15) is 14.7 Å². The Balaban J connectivity index is 1.53. The molecule has 3 aliphatic heterocycles. The van der Waals surface area contributed by atoms with Gasteiger partial charge in [0.15, 0.2) is 12.1 Å². The van der Waals surface area contributed by atoms with Gasteiger partial charge in [-0.25, -0.2) is 0 Å². The molecule has 0 aliphatic carbocycles. The second-order valence-corrected chi connectivity index (χ2v) is 16.4. The van der Waals surface area contributed by atoms with Crippen LogP contribution in [0.1, 0.15) is 78.4 Å². The molecule has 9 atom stereocenters. The average Bonchev–Trinajstić information content (AvgIpc) is 3.05. The normalized spacial score (nSPS) is 35.6. The first-order chi connectivity index (χ1) is 23.0. The number of Topliss-reactive ketones (excluding diaryl/α,β-unsaturated/α-hetero) is 1. The van der Waals surface area contributed by atoms with Gasteiger partial charge in [0, 0.05) is 51.2 Å². The molecule has 49 heavy (non-hydrogen) atoms. The van der Waals surface area contributed by atoms with Crippen molar-refractivity contribution < 1.29 is 33.6 Å². The molecular formula is C39H65N3O7. The number of esters is 1. The lowest BCUT2D eigenvalue weighted by Gasteiger charge is -2.46. The van der Waals surface area contributed by atoms with Gasteiger partial charge < -0.3 is 29.0 Å². The molecule has 1 aromatic rings. The van der Waals surface area contributed by atoms with Crippen LogP contribution in [-0.2, 0) is 41.5 Å². The number of aliphatic hydroxyl groups excluding tert-OH is 1. The van der Waals surface area contributed by atoms with E-state index in [2.05, 4.69) is 52.9 Å². The lowest BCUT2D eigenvalue weighted by molar-refractivity contribution is -0.297. The lowest BCUT2D eigenvalue weighted by atomic mass is 9.74. The zero-order valence-electron chi connectivity index (χ0n) is 31.9. The summed E-state index contributed by atoms with van der Waals surface area (Å²) in [5, 5.41) is 11.4. The van der Waals surface area contributed by atoms with Gasteiger partial charge in [0.2, 0.25) is 0 Å². The molecule has 10 heteroatoms. The maximum Gasteiger partial charge on any atom is 0.319 e. The fraction of sp³-hybridized carbons (Fsp3) is 0.795. The Bertz CT molecular complexity index is 1240. The molecule has 2 saturated heterocycles. The number of ketones is 1. The Morgan fingerprint density at radius 2 is 1.78 bits per heavy atom. The molecule has 2 fully saturated rings. The average molecular weight is 688 g/mol. The molecule has 1 aromatic carbocycles. The van der Waals surface area contributed by atoms with E-state index in [-0.39, 0.29) is 36.4 Å². The highest BCUT2D eigenvalue weighted by molar-refractivity contribution is 6.04. The van der Waals surface area contributed by atoms with Crippen molar-refractivity contribution in [2.24, 2.45) is 23.2 Å². The summed E-state index contributed by atoms with van der Waals surface area (Å²) in [6.45, 7) is 15.9. The van der Waals surface area contributed by atoms with Gasteiger partial charge in [0.05, 0.1) is 17.8 Å². The zero-order chi connectivity index (χ0) is 36.1. The standard InChI is InChI=1S/C39H65N3O7/c1-26-21-39(6,46-10)35(49-36-33(43)31(23-40(7)8)20-27(2)48-36)28(3)34(44)38(4,5)37(45)47-25-32(41(9)22-26)16-13-18-42-19-17-29-14-11-12-15-30(29)24-42/h11-12,14-15,26-28,31-33,35-36,43H,13,16-25H2,1-10H3/t26-,27-,28+,31-,32+,33-,35-,36+,39-/m1/s1. The summed E-state index contributed by atoms with van der Waals surface area (Å²) in [7, 11) is 7.72. The van der Waals surface area contributed by atoms with Gasteiger partial charge in [-0.3, -0.25) is 19.4 Å². The molecule has 3 aliphatic rings. The molecule has 4 rings (SSSR count). The highest BCUT2D eigenvalue weighted by atomic mass is 16.7. The van der Waals surface area contributed by atoms with Gasteiger partial charge in [-0.1, -0.05) is 38.1 Å². The van der Waals surface area contributed by atoms with Crippen molar-refractivity contribution in [3.05, 3.63) is 35.4 Å². The molecule has 0 aromatic heterocycles. The number of methoxy groups -OCH3 is 1. The minimum absolute atomic E-state index is 0.00862. The number of rotatable bonds is 9. The number of benzene rings is 1. The molecule has 0 bridgehead atoms. The number of carbonyl (C=O) groups excluding carboxylic acids is 2. The third-order valence-electron chi connectivity index (χ3n) is 11.3. The van der Waals surface area contributed by atoms with E-state index in [1.54, 1.807) is 27.9 Å². The van der Waals surface area contributed by atoms with Crippen LogP contribution in [0.4, 0.5) is 0 Å². The summed E-state index contributed by atoms with van der Waals surface area (Å²) >= 11 is 0. The second-order valence-electron chi connectivity index (χ2n) is 16.4. The number of nitrogens with zero attached hydrogens (tertiary/aromatic N) is 3. The Hall–Kier alpha value is -1.92. The summed E-state index contributed by atoms with van der Waals surface area (Å²) in [5.74, 6) is -1.46. The van der Waals surface area contributed by atoms with E-state index < -0.39 is 41.4 Å². The van der Waals surface area contributed by atoms with Crippen LogP contribution in [0.5, 0.6) is 0 Å². The molecule has 0 spiro atoms. The van der Waals surface area contributed by atoms with E-state index in [1.807, 2.05) is 27.9 Å². The molecule has 0 amide bonds. The summed E-state index contributed by atoms with van der Waals surface area (Å²) in [6, 6.07) is 8.70. The number of fused-ring (bicyclic) bond motifs is 1. The number of cyclic esters (lactones) is 1. The van der Waals surface area contributed by atoms with E-state index in [0.29, 0.717) is 19.4 Å². The minimum Gasteiger partial charge on any atom is -0.463 e. The predicted octanol–water partition coefficient (Wildman–Crippen LogP) is 4.40. The van der Waals surface area contributed by atoms with Crippen molar-refractivity contribution in [2.75, 3.05) is 61.0 Å². The highest BCUT2D eigenvalue weighted by Gasteiger charge is 2.51. The number of hydrogen-bond donors (Lipinski definition) is 1. The van der Waals surface area contributed by atoms with Crippen LogP contribution in [0.25, 0.3) is 0 Å². The van der Waals surface area contributed by atoms with Crippen molar-refractivity contribution in [3.8, 4) is 0 Å². The molecule has 3 heterocycles. The first kappa shape index (κ1) is 39.9. The van der Waals surface area contributed by atoms with Crippen LogP contribution in [0, 0.1) is 23.2 Å². The first-order valence-corrected chi connectivity index (χ1v) is 18.5. The Labute approximate surface area is 295 Å². The molecule has 10 nitrogen and oxygen atoms in total. The monoisotopic (exact) mass is 687 g/mol. The van der Waals surface area contributed by atoms with E-state index >= 15 is 0 Å². The van der Waals surface area contributed by atoms with E-state index in [1.165, 1.54) is 11.1 Å². The summed E-state index contributed by atoms with van der Waals surface area (Å²) in [6.07, 6.45) is 1.48. The fourth-order valence-corrected chi connectivity index (χ4v) is 8.45. The maximum absolute atomic E-state index is 14.3. The van der Waals surface area contributed by atoms with Crippen LogP contribution in [0.2, 0.25) is 0 Å². The van der Waals surface area contributed by atoms with Gasteiger partial charge in [-0.05, 0) is 105 Å². The SMILES string of the molecule is CO[C@]1(C)C[C@@H](C)CN(C)[C@@H](CCCN2CCc3ccccc3C2)COC(=O)C(C)(C)C(=O)[C@H](C)[C@H]1O[C@@H]1O[C@H](C)C[C@H](CN(C)C)[C@H]1O. The Kier molecular flexibility index (Phi) is 13.9. The van der Waals surface area contributed by atoms with E-state index in [4.69, 9.17) is 18.9 Å². The van der Waals surface area contributed by atoms with Crippen molar-refractivity contribution in [2.45, 2.75) is 116 Å². The van der Waals surface area contributed by atoms with Gasteiger partial charge in [-0.15, -0.1) is 0 Å². The third-order valence-corrected chi connectivity index (χ3v) is 11.3. The zero-order valence-corrected chi connectivity index (χ0v) is 31.9. The molecule has 0 radical (unpaired) electrons. The smallest absolute Gasteiger partial charge is 0.319 e. The summed E-state index contributed by atoms with van der Waals surface area (Å²) in [5.41, 5.74) is 0.534. The van der Waals surface area contributed by atoms with Crippen molar-refractivity contribution in [3.63, 3.8) is 0 Å². The fourth-order valence-electron chi connectivity index (χ4n) is 8.45. The van der Waals surface area contributed by atoms with Crippen LogP contribution < -0.4 is 0 Å². The topological polar surface area (TPSA) is 101 Å². The third kappa shape index (κ3) is 9.90. The van der Waals surface area contributed by atoms with Crippen LogP contribution in [0.15, 0.2) is 24.3 Å². The number of likely N-dealkylation sites (N-methyl/N-ethyl adjacent to an activating group) is 1. The van der Waals surface area contributed by atoms with Gasteiger partial charge >= 0.3 is 5.97 Å². The van der Waals surface area contributed by atoms with Crippen molar-refractivity contribution in [1.82, 2.24) is 14.7 Å². The summed E-state index contributed by atoms with van der Waals surface area (Å²) < 4.78 is 25.1. The number of aliphatic hydroxyl groups is 1. The van der Waals surface area contributed by atoms with Crippen LogP contribution >= 0.6 is 0 Å². The van der Waals surface area contributed by atoms with Crippen molar-refractivity contribution in [1.29, 1.82) is 0 Å². The van der Waals surface area contributed by atoms with Gasteiger partial charge in [0.1, 0.15) is 18.1 Å². The largest absolute Gasteiger partial charge is 0.463 e. The Morgan fingerprint density at radius 1 is 1.08 bits per heavy atom. The molecule has 0 saturated carbocycles. The minimum atomic E-state index is -1.41. The first-order valence-electron chi connectivity index (χ1n) is 18.5. The van der Waals surface area contributed by atoms with Crippen LogP contribution in [-0.4, -0.2) is 129 Å². The molecular weight excluding hydrogens is 622 g/mol. The molecule has 1 N–H and O–H groups in total. The van der Waals surface area contributed by atoms with Crippen molar-refractivity contribution >= 4 is 11.8 Å². The summed E-state index contributed by atoms with van der Waals surface area (Å²) in [4.78, 5) is 34.9. The van der Waals surface area contributed by atoms with E-state index in [0.717, 1.165) is 45.4 Å². The number of ether oxygens (including phenoxy) is 4. The molecule has 278 valence electrons. The second kappa shape index (κ2) is 17.1. The highest BCUT2D eigenvalue weighted by Crippen LogP contribution is 2.39. The maximum atomic E-state index is 14.3. The lowest BCUT2D eigenvalue weighted by Crippen LogP contribution is -2.57. The molecule has 0 unspecified atom stereocenters. The van der Waals surface area contributed by atoms with Gasteiger partial charge in [-0.2, -0.15) is 0 Å². The van der Waals surface area contributed by atoms with Gasteiger partial charge in [0.25, 0.3) is 0 Å². The quantitative estimate of drug-likeness (QED) is 0.297. The number of carbonyl (C=O) groups is 2.